The molecule has 0 N–H and O–H groups in total. The predicted octanol–water partition coefficient (Wildman–Crippen LogP) is 6.91. The average Bonchev–Trinajstić information content (AvgIpc) is 3.54. The van der Waals surface area contributed by atoms with Gasteiger partial charge in [0.05, 0.1) is 12.5 Å². The van der Waals surface area contributed by atoms with Crippen molar-refractivity contribution in [3.8, 4) is 0 Å². The summed E-state index contributed by atoms with van der Waals surface area (Å²) in [7, 11) is 0. The summed E-state index contributed by atoms with van der Waals surface area (Å²) in [4.78, 5) is 28.2. The maximum Gasteiger partial charge on any atom is 0.309 e. The lowest BCUT2D eigenvalue weighted by molar-refractivity contribution is -0.183. The van der Waals surface area contributed by atoms with Crippen molar-refractivity contribution < 1.29 is 19.1 Å². The lowest BCUT2D eigenvalue weighted by Crippen LogP contribution is -2.52. The van der Waals surface area contributed by atoms with Gasteiger partial charge in [0.15, 0.2) is 0 Å². The summed E-state index contributed by atoms with van der Waals surface area (Å²) >= 11 is 16.0. The standard InChI is InChI=1S/C26H28BrCl2NO4/c1-26(2,3)34-22(31)13-21-25(32)30(14-15-4-5-15)23(16-6-8-19(28)9-7-16)24(33-21)17-10-18(27)12-20(29)11-17/h6-12,15,21,23-24H,4-5,13-14H2,1-3H3/t21-,23+,24+/m0/s1. The molecule has 1 amide bonds. The molecule has 34 heavy (non-hydrogen) atoms. The van der Waals surface area contributed by atoms with Gasteiger partial charge in [0.1, 0.15) is 17.8 Å². The van der Waals surface area contributed by atoms with Crippen LogP contribution in [0.2, 0.25) is 10.0 Å². The molecule has 0 unspecified atom stereocenters. The Balaban J connectivity index is 1.74. The number of halogens is 3. The number of nitrogens with zero attached hydrogens (tertiary/aromatic N) is 1. The Hall–Kier alpha value is -1.60. The Kier molecular flexibility index (Phi) is 7.63. The highest BCUT2D eigenvalue weighted by Gasteiger charge is 2.46. The van der Waals surface area contributed by atoms with Crippen LogP contribution in [0.1, 0.15) is 63.3 Å². The molecule has 2 aromatic rings. The molecular formula is C26H28BrCl2NO4. The summed E-state index contributed by atoms with van der Waals surface area (Å²) in [5.41, 5.74) is 1.09. The molecule has 2 fully saturated rings. The topological polar surface area (TPSA) is 55.8 Å². The van der Waals surface area contributed by atoms with Gasteiger partial charge in [-0.15, -0.1) is 0 Å². The molecular weight excluding hydrogens is 541 g/mol. The van der Waals surface area contributed by atoms with Crippen LogP contribution in [0.4, 0.5) is 0 Å². The molecule has 2 aromatic carbocycles. The minimum absolute atomic E-state index is 0.150. The number of morpholine rings is 1. The SMILES string of the molecule is CC(C)(C)OC(=O)C[C@@H]1O[C@H](c2cc(Cl)cc(Br)c2)[C@@H](c2ccc(Cl)cc2)N(CC2CC2)C1=O. The van der Waals surface area contributed by atoms with Crippen LogP contribution in [0.25, 0.3) is 0 Å². The fraction of sp³-hybridized carbons (Fsp3) is 0.462. The van der Waals surface area contributed by atoms with Gasteiger partial charge in [-0.3, -0.25) is 9.59 Å². The van der Waals surface area contributed by atoms with Gasteiger partial charge in [0.2, 0.25) is 0 Å². The van der Waals surface area contributed by atoms with E-state index in [-0.39, 0.29) is 18.4 Å². The summed E-state index contributed by atoms with van der Waals surface area (Å²) in [5.74, 6) is -0.214. The Labute approximate surface area is 218 Å². The van der Waals surface area contributed by atoms with Crippen molar-refractivity contribution in [2.45, 2.75) is 63.9 Å². The van der Waals surface area contributed by atoms with Gasteiger partial charge in [0.25, 0.3) is 5.91 Å². The smallest absolute Gasteiger partial charge is 0.309 e. The lowest BCUT2D eigenvalue weighted by atomic mass is 9.91. The van der Waals surface area contributed by atoms with E-state index in [0.717, 1.165) is 28.4 Å². The van der Waals surface area contributed by atoms with Crippen LogP contribution in [0.15, 0.2) is 46.9 Å². The quantitative estimate of drug-likeness (QED) is 0.355. The van der Waals surface area contributed by atoms with Gasteiger partial charge in [-0.2, -0.15) is 0 Å². The molecule has 0 bridgehead atoms. The molecule has 1 aliphatic heterocycles. The van der Waals surface area contributed by atoms with Crippen LogP contribution in [-0.2, 0) is 19.1 Å². The van der Waals surface area contributed by atoms with E-state index in [0.29, 0.717) is 22.5 Å². The molecule has 8 heteroatoms. The van der Waals surface area contributed by atoms with Crippen LogP contribution in [0.5, 0.6) is 0 Å². The van der Waals surface area contributed by atoms with Gasteiger partial charge >= 0.3 is 5.97 Å². The first-order valence-electron chi connectivity index (χ1n) is 11.4. The minimum Gasteiger partial charge on any atom is -0.460 e. The number of esters is 1. The van der Waals surface area contributed by atoms with E-state index in [9.17, 15) is 9.59 Å². The molecule has 3 atom stereocenters. The third-order valence-electron chi connectivity index (χ3n) is 5.84. The summed E-state index contributed by atoms with van der Waals surface area (Å²) in [5, 5.41) is 1.17. The largest absolute Gasteiger partial charge is 0.460 e. The van der Waals surface area contributed by atoms with Crippen molar-refractivity contribution >= 4 is 51.0 Å². The summed E-state index contributed by atoms with van der Waals surface area (Å²) < 4.78 is 12.7. The van der Waals surface area contributed by atoms with Crippen LogP contribution in [0, 0.1) is 5.92 Å². The molecule has 0 spiro atoms. The van der Waals surface area contributed by atoms with E-state index in [2.05, 4.69) is 15.9 Å². The van der Waals surface area contributed by atoms with E-state index in [1.807, 2.05) is 41.3 Å². The van der Waals surface area contributed by atoms with Gasteiger partial charge in [-0.25, -0.2) is 0 Å². The van der Waals surface area contributed by atoms with Crippen LogP contribution < -0.4 is 0 Å². The summed E-state index contributed by atoms with van der Waals surface area (Å²) in [6.45, 7) is 6.02. The highest BCUT2D eigenvalue weighted by molar-refractivity contribution is 9.10. The molecule has 1 saturated heterocycles. The van der Waals surface area contributed by atoms with E-state index >= 15 is 0 Å². The zero-order valence-corrected chi connectivity index (χ0v) is 22.5. The second kappa shape index (κ2) is 10.2. The van der Waals surface area contributed by atoms with Crippen molar-refractivity contribution in [1.29, 1.82) is 0 Å². The molecule has 0 aromatic heterocycles. The average molecular weight is 569 g/mol. The summed E-state index contributed by atoms with van der Waals surface area (Å²) in [6, 6.07) is 12.7. The number of amides is 1. The maximum absolute atomic E-state index is 13.7. The van der Waals surface area contributed by atoms with Crippen molar-refractivity contribution in [1.82, 2.24) is 4.90 Å². The number of rotatable bonds is 6. The monoisotopic (exact) mass is 567 g/mol. The van der Waals surface area contributed by atoms with Crippen molar-refractivity contribution in [3.05, 3.63) is 68.1 Å². The molecule has 0 radical (unpaired) electrons. The van der Waals surface area contributed by atoms with Crippen LogP contribution >= 0.6 is 39.1 Å². The van der Waals surface area contributed by atoms with E-state index in [1.165, 1.54) is 0 Å². The van der Waals surface area contributed by atoms with Gasteiger partial charge in [0, 0.05) is 21.1 Å². The number of benzene rings is 2. The van der Waals surface area contributed by atoms with Crippen LogP contribution in [-0.4, -0.2) is 35.0 Å². The Bertz CT molecular complexity index is 1050. The Morgan fingerprint density at radius 2 is 1.76 bits per heavy atom. The van der Waals surface area contributed by atoms with E-state index < -0.39 is 23.8 Å². The zero-order valence-electron chi connectivity index (χ0n) is 19.4. The molecule has 1 saturated carbocycles. The van der Waals surface area contributed by atoms with Crippen molar-refractivity contribution in [3.63, 3.8) is 0 Å². The number of ether oxygens (including phenoxy) is 2. The molecule has 1 aliphatic carbocycles. The van der Waals surface area contributed by atoms with Gasteiger partial charge in [-0.05, 0) is 81.0 Å². The summed E-state index contributed by atoms with van der Waals surface area (Å²) in [6.07, 6.45) is 0.549. The third-order valence-corrected chi connectivity index (χ3v) is 6.77. The predicted molar refractivity (Wildman–Crippen MR) is 136 cm³/mol. The number of carbonyl (C=O) groups is 2. The molecule has 2 aliphatic rings. The van der Waals surface area contributed by atoms with Gasteiger partial charge < -0.3 is 14.4 Å². The van der Waals surface area contributed by atoms with E-state index in [1.54, 1.807) is 26.8 Å². The fourth-order valence-corrected chi connectivity index (χ4v) is 5.27. The molecule has 4 rings (SSSR count). The normalized spacial score (nSPS) is 23.2. The number of hydrogen-bond donors (Lipinski definition) is 0. The molecule has 5 nitrogen and oxygen atoms in total. The van der Waals surface area contributed by atoms with Gasteiger partial charge in [-0.1, -0.05) is 51.3 Å². The third kappa shape index (κ3) is 6.34. The first-order chi connectivity index (χ1) is 16.0. The zero-order chi connectivity index (χ0) is 24.6. The number of hydrogen-bond acceptors (Lipinski definition) is 4. The Morgan fingerprint density at radius 3 is 2.35 bits per heavy atom. The molecule has 1 heterocycles. The first-order valence-corrected chi connectivity index (χ1v) is 12.9. The van der Waals surface area contributed by atoms with Crippen molar-refractivity contribution in [2.75, 3.05) is 6.54 Å². The van der Waals surface area contributed by atoms with Crippen LogP contribution in [0.3, 0.4) is 0 Å². The maximum atomic E-state index is 13.7. The first kappa shape index (κ1) is 25.5. The number of carbonyl (C=O) groups excluding carboxylic acids is 2. The molecule has 182 valence electrons. The second-order valence-electron chi connectivity index (χ2n) is 9.97. The van der Waals surface area contributed by atoms with E-state index in [4.69, 9.17) is 32.7 Å². The Morgan fingerprint density at radius 1 is 1.09 bits per heavy atom. The highest BCUT2D eigenvalue weighted by atomic mass is 79.9. The minimum atomic E-state index is -0.945. The highest BCUT2D eigenvalue weighted by Crippen LogP contribution is 2.46. The second-order valence-corrected chi connectivity index (χ2v) is 11.8. The fourth-order valence-electron chi connectivity index (χ4n) is 4.26. The van der Waals surface area contributed by atoms with Crippen molar-refractivity contribution in [2.24, 2.45) is 5.92 Å². The lowest BCUT2D eigenvalue weighted by Gasteiger charge is -2.45.